The number of aromatic nitrogens is 1. The highest BCUT2D eigenvalue weighted by atomic mass is 32.1. The summed E-state index contributed by atoms with van der Waals surface area (Å²) in [7, 11) is 0. The van der Waals surface area contributed by atoms with Crippen LogP contribution in [-0.4, -0.2) is 23.5 Å². The van der Waals surface area contributed by atoms with Crippen molar-refractivity contribution in [1.29, 1.82) is 0 Å². The Morgan fingerprint density at radius 3 is 3.12 bits per heavy atom. The molecule has 2 unspecified atom stereocenters. The zero-order valence-corrected chi connectivity index (χ0v) is 10.4. The zero-order valence-electron chi connectivity index (χ0n) is 9.62. The fraction of sp³-hybridized carbons (Fsp3) is 0.636. The van der Waals surface area contributed by atoms with E-state index in [0.717, 1.165) is 23.7 Å². The Morgan fingerprint density at radius 1 is 1.75 bits per heavy atom. The number of carbonyl (C=O) groups is 1. The van der Waals surface area contributed by atoms with Gasteiger partial charge in [0.1, 0.15) is 5.01 Å². The highest BCUT2D eigenvalue weighted by Gasteiger charge is 2.21. The molecule has 1 aliphatic rings. The van der Waals surface area contributed by atoms with Crippen molar-refractivity contribution in [3.05, 3.63) is 16.1 Å². The van der Waals surface area contributed by atoms with Gasteiger partial charge in [0.05, 0.1) is 6.04 Å². The molecule has 4 nitrogen and oxygen atoms in total. The van der Waals surface area contributed by atoms with E-state index in [-0.39, 0.29) is 18.0 Å². The molecule has 2 rings (SSSR count). The Labute approximate surface area is 99.5 Å². The Morgan fingerprint density at radius 2 is 2.56 bits per heavy atom. The van der Waals surface area contributed by atoms with Gasteiger partial charge in [0.25, 0.3) is 0 Å². The van der Waals surface area contributed by atoms with Crippen molar-refractivity contribution in [2.24, 2.45) is 0 Å². The second kappa shape index (κ2) is 4.93. The van der Waals surface area contributed by atoms with E-state index < -0.39 is 0 Å². The predicted molar refractivity (Wildman–Crippen MR) is 64.4 cm³/mol. The Bertz CT molecular complexity index is 377. The fourth-order valence-corrected chi connectivity index (χ4v) is 2.64. The minimum absolute atomic E-state index is 0.171. The molecule has 2 heterocycles. The Balaban J connectivity index is 1.79. The van der Waals surface area contributed by atoms with E-state index in [1.165, 1.54) is 0 Å². The molecule has 88 valence electrons. The first-order chi connectivity index (χ1) is 7.65. The number of amides is 1. The molecule has 0 radical (unpaired) electrons. The molecular weight excluding hydrogens is 222 g/mol. The van der Waals surface area contributed by atoms with Crippen LogP contribution in [0.1, 0.15) is 36.5 Å². The van der Waals surface area contributed by atoms with E-state index in [1.807, 2.05) is 6.92 Å². The summed E-state index contributed by atoms with van der Waals surface area (Å²) in [5.41, 5.74) is 1.07. The third-order valence-electron chi connectivity index (χ3n) is 2.76. The smallest absolute Gasteiger partial charge is 0.220 e. The maximum Gasteiger partial charge on any atom is 0.220 e. The van der Waals surface area contributed by atoms with E-state index in [0.29, 0.717) is 6.42 Å². The largest absolute Gasteiger partial charge is 0.352 e. The summed E-state index contributed by atoms with van der Waals surface area (Å²) < 4.78 is 0. The van der Waals surface area contributed by atoms with Gasteiger partial charge < -0.3 is 10.6 Å². The van der Waals surface area contributed by atoms with Crippen molar-refractivity contribution in [2.75, 3.05) is 6.54 Å². The number of aryl methyl sites for hydroxylation is 1. The number of nitrogens with one attached hydrogen (secondary N) is 2. The van der Waals surface area contributed by atoms with Gasteiger partial charge in [0, 0.05) is 30.1 Å². The van der Waals surface area contributed by atoms with Gasteiger partial charge in [-0.2, -0.15) is 0 Å². The van der Waals surface area contributed by atoms with E-state index in [4.69, 9.17) is 0 Å². The molecule has 1 saturated heterocycles. The normalized spacial score (nSPS) is 22.1. The number of rotatable bonds is 4. The molecule has 2 N–H and O–H groups in total. The number of carbonyl (C=O) groups excluding carboxylic acids is 1. The average molecular weight is 239 g/mol. The number of hydrogen-bond acceptors (Lipinski definition) is 4. The molecule has 1 fully saturated rings. The van der Waals surface area contributed by atoms with Crippen LogP contribution in [0.3, 0.4) is 0 Å². The first kappa shape index (κ1) is 11.5. The predicted octanol–water partition coefficient (Wildman–Crippen LogP) is 1.38. The van der Waals surface area contributed by atoms with Gasteiger partial charge in [0.15, 0.2) is 0 Å². The molecule has 0 bridgehead atoms. The highest BCUT2D eigenvalue weighted by molar-refractivity contribution is 7.09. The lowest BCUT2D eigenvalue weighted by Gasteiger charge is -2.15. The van der Waals surface area contributed by atoms with Gasteiger partial charge in [-0.15, -0.1) is 11.3 Å². The van der Waals surface area contributed by atoms with Crippen LogP contribution in [0.2, 0.25) is 0 Å². The summed E-state index contributed by atoms with van der Waals surface area (Å²) in [5.74, 6) is 0.171. The van der Waals surface area contributed by atoms with Gasteiger partial charge >= 0.3 is 0 Å². The molecule has 5 heteroatoms. The van der Waals surface area contributed by atoms with E-state index in [9.17, 15) is 4.79 Å². The third-order valence-corrected chi connectivity index (χ3v) is 3.91. The maximum absolute atomic E-state index is 11.0. The molecule has 0 saturated carbocycles. The van der Waals surface area contributed by atoms with Gasteiger partial charge in [-0.3, -0.25) is 4.79 Å². The number of nitrogens with zero attached hydrogens (tertiary/aromatic N) is 1. The van der Waals surface area contributed by atoms with Crippen LogP contribution in [0.5, 0.6) is 0 Å². The molecule has 16 heavy (non-hydrogen) atoms. The summed E-state index contributed by atoms with van der Waals surface area (Å²) in [5, 5.41) is 9.53. The SMILES string of the molecule is Cc1csc(C(C)NCC2CCC(=O)N2)n1. The first-order valence-electron chi connectivity index (χ1n) is 5.60. The lowest BCUT2D eigenvalue weighted by Crippen LogP contribution is -2.36. The van der Waals surface area contributed by atoms with Crippen LogP contribution in [0, 0.1) is 6.92 Å². The highest BCUT2D eigenvalue weighted by Crippen LogP contribution is 2.17. The zero-order chi connectivity index (χ0) is 11.5. The molecule has 2 atom stereocenters. The minimum Gasteiger partial charge on any atom is -0.352 e. The standard InChI is InChI=1S/C11H17N3OS/c1-7-6-16-11(13-7)8(2)12-5-9-3-4-10(15)14-9/h6,8-9,12H,3-5H2,1-2H3,(H,14,15). The van der Waals surface area contributed by atoms with Crippen molar-refractivity contribution in [1.82, 2.24) is 15.6 Å². The van der Waals surface area contributed by atoms with Crippen LogP contribution in [-0.2, 0) is 4.79 Å². The van der Waals surface area contributed by atoms with E-state index in [2.05, 4.69) is 27.9 Å². The summed E-state index contributed by atoms with van der Waals surface area (Å²) in [6.45, 7) is 4.94. The van der Waals surface area contributed by atoms with Crippen molar-refractivity contribution >= 4 is 17.2 Å². The van der Waals surface area contributed by atoms with Gasteiger partial charge in [-0.25, -0.2) is 4.98 Å². The van der Waals surface area contributed by atoms with Gasteiger partial charge in [-0.1, -0.05) is 0 Å². The van der Waals surface area contributed by atoms with Crippen molar-refractivity contribution in [3.63, 3.8) is 0 Å². The molecule has 0 aromatic carbocycles. The molecule has 0 spiro atoms. The molecule has 1 aliphatic heterocycles. The molecule has 0 aliphatic carbocycles. The summed E-state index contributed by atoms with van der Waals surface area (Å²) in [6, 6.07) is 0.548. The van der Waals surface area contributed by atoms with Crippen molar-refractivity contribution in [3.8, 4) is 0 Å². The quantitative estimate of drug-likeness (QED) is 0.834. The second-order valence-corrected chi connectivity index (χ2v) is 5.15. The average Bonchev–Trinajstić information content (AvgIpc) is 2.84. The molecule has 1 aromatic heterocycles. The number of hydrogen-bond donors (Lipinski definition) is 2. The van der Waals surface area contributed by atoms with Crippen molar-refractivity contribution in [2.45, 2.75) is 38.8 Å². The summed E-state index contributed by atoms with van der Waals surface area (Å²) in [4.78, 5) is 15.5. The van der Waals surface area contributed by atoms with E-state index in [1.54, 1.807) is 11.3 Å². The summed E-state index contributed by atoms with van der Waals surface area (Å²) in [6.07, 6.45) is 1.60. The van der Waals surface area contributed by atoms with Crippen LogP contribution in [0.25, 0.3) is 0 Å². The lowest BCUT2D eigenvalue weighted by molar-refractivity contribution is -0.119. The second-order valence-electron chi connectivity index (χ2n) is 4.26. The lowest BCUT2D eigenvalue weighted by atomic mass is 10.2. The molecule has 1 amide bonds. The van der Waals surface area contributed by atoms with Crippen LogP contribution in [0.4, 0.5) is 0 Å². The maximum atomic E-state index is 11.0. The van der Waals surface area contributed by atoms with Crippen LogP contribution >= 0.6 is 11.3 Å². The third kappa shape index (κ3) is 2.80. The minimum atomic E-state index is 0.171. The van der Waals surface area contributed by atoms with Crippen molar-refractivity contribution < 1.29 is 4.79 Å². The van der Waals surface area contributed by atoms with Gasteiger partial charge in [-0.05, 0) is 20.3 Å². The topological polar surface area (TPSA) is 54.0 Å². The van der Waals surface area contributed by atoms with Crippen LogP contribution < -0.4 is 10.6 Å². The summed E-state index contributed by atoms with van der Waals surface area (Å²) >= 11 is 1.68. The monoisotopic (exact) mass is 239 g/mol. The molecular formula is C11H17N3OS. The Hall–Kier alpha value is -0.940. The van der Waals surface area contributed by atoms with E-state index >= 15 is 0 Å². The number of thiazole rings is 1. The van der Waals surface area contributed by atoms with Crippen LogP contribution in [0.15, 0.2) is 5.38 Å². The van der Waals surface area contributed by atoms with Gasteiger partial charge in [0.2, 0.25) is 5.91 Å². The molecule has 1 aromatic rings. The fourth-order valence-electron chi connectivity index (χ4n) is 1.81. The first-order valence-corrected chi connectivity index (χ1v) is 6.48. The Kier molecular flexibility index (Phi) is 3.56.